The summed E-state index contributed by atoms with van der Waals surface area (Å²) in [6.07, 6.45) is -0.182. The monoisotopic (exact) mass is 646 g/mol. The van der Waals surface area contributed by atoms with Gasteiger partial charge in [-0.25, -0.2) is 0 Å². The van der Waals surface area contributed by atoms with Crippen molar-refractivity contribution in [2.45, 2.75) is 79.4 Å². The predicted octanol–water partition coefficient (Wildman–Crippen LogP) is 7.77. The standard InChI is InChI=1S/2C21H25N3/c2*1-15-4-7-20-18(12-15)19-14-23(3)10-9-21(19)24(20)11-8-17-6-5-16(2)22-13-17/h2*4-7,12-13H,8-11,14H2,1-3H3/i2*8D2,11D2. The molecule has 2 aromatic carbocycles. The Bertz CT molecular complexity index is 2250. The Hall–Kier alpha value is -4.26. The number of likely N-dealkylation sites (N-methyl/N-ethyl adjacent to an activating group) is 2. The van der Waals surface area contributed by atoms with Crippen molar-refractivity contribution in [1.82, 2.24) is 28.9 Å². The van der Waals surface area contributed by atoms with E-state index < -0.39 is 25.7 Å². The van der Waals surface area contributed by atoms with Crippen LogP contribution in [0.1, 0.15) is 67.1 Å². The van der Waals surface area contributed by atoms with Gasteiger partial charge in [-0.05, 0) is 113 Å². The summed E-state index contributed by atoms with van der Waals surface area (Å²) in [5.74, 6) is 0. The summed E-state index contributed by atoms with van der Waals surface area (Å²) in [6, 6.07) is 18.7. The third-order valence-corrected chi connectivity index (χ3v) is 9.44. The fourth-order valence-corrected chi connectivity index (χ4v) is 6.79. The molecule has 6 aromatic rings. The lowest BCUT2D eigenvalue weighted by atomic mass is 10.0. The minimum Gasteiger partial charge on any atom is -0.344 e. The second-order valence-corrected chi connectivity index (χ2v) is 13.4. The molecule has 6 nitrogen and oxygen atoms in total. The maximum atomic E-state index is 8.92. The first kappa shape index (κ1) is 24.0. The Labute approximate surface area is 297 Å². The molecule has 0 bridgehead atoms. The van der Waals surface area contributed by atoms with E-state index in [4.69, 9.17) is 11.0 Å². The first-order chi connectivity index (χ1) is 26.3. The average molecular weight is 647 g/mol. The summed E-state index contributed by atoms with van der Waals surface area (Å²) in [7, 11) is 4.13. The number of aryl methyl sites for hydroxylation is 8. The molecule has 0 saturated heterocycles. The number of hydrogen-bond donors (Lipinski definition) is 0. The fourth-order valence-electron chi connectivity index (χ4n) is 6.79. The molecule has 0 saturated carbocycles. The van der Waals surface area contributed by atoms with Gasteiger partial charge in [0.2, 0.25) is 0 Å². The van der Waals surface area contributed by atoms with Gasteiger partial charge < -0.3 is 18.9 Å². The van der Waals surface area contributed by atoms with Crippen molar-refractivity contribution in [2.75, 3.05) is 27.2 Å². The molecule has 48 heavy (non-hydrogen) atoms. The van der Waals surface area contributed by atoms with Crippen LogP contribution in [0.15, 0.2) is 73.1 Å². The van der Waals surface area contributed by atoms with Crippen molar-refractivity contribution >= 4 is 21.8 Å². The topological polar surface area (TPSA) is 42.1 Å². The summed E-state index contributed by atoms with van der Waals surface area (Å²) in [5.41, 5.74) is 9.80. The Kier molecular flexibility index (Phi) is 6.84. The van der Waals surface area contributed by atoms with Crippen molar-refractivity contribution in [3.63, 3.8) is 0 Å². The minimum atomic E-state index is -2.26. The fraction of sp³-hybridized carbons (Fsp3) is 0.381. The third-order valence-electron chi connectivity index (χ3n) is 9.44. The molecule has 0 N–H and O–H groups in total. The molecule has 2 aliphatic heterocycles. The molecule has 6 heteroatoms. The molecule has 6 heterocycles. The molecule has 0 spiro atoms. The van der Waals surface area contributed by atoms with Gasteiger partial charge in [0.15, 0.2) is 0 Å². The van der Waals surface area contributed by atoms with Crippen LogP contribution in [-0.4, -0.2) is 56.1 Å². The quantitative estimate of drug-likeness (QED) is 0.186. The SMILES string of the molecule is [2H]C([2H])(c1ccc(C)nc1)C([2H])([2H])n1c2c(c3cc(C)ccc31)CN(C)CC2.[2H]C([2H])(c1ccc(C)nc1)C([2H])([2H])n1c2c(c3cc(C)ccc31)CN(C)CC2. The summed E-state index contributed by atoms with van der Waals surface area (Å²) in [6.45, 7) is 6.35. The maximum Gasteiger partial charge on any atom is 0.0501 e. The normalized spacial score (nSPS) is 18.6. The lowest BCUT2D eigenvalue weighted by Crippen LogP contribution is -2.27. The predicted molar refractivity (Wildman–Crippen MR) is 199 cm³/mol. The van der Waals surface area contributed by atoms with Gasteiger partial charge in [0.1, 0.15) is 0 Å². The van der Waals surface area contributed by atoms with Crippen molar-refractivity contribution in [2.24, 2.45) is 0 Å². The zero-order valence-corrected chi connectivity index (χ0v) is 28.9. The molecule has 0 aliphatic carbocycles. The zero-order valence-electron chi connectivity index (χ0n) is 36.9. The number of aromatic nitrogens is 4. The third kappa shape index (κ3) is 6.69. The van der Waals surface area contributed by atoms with Gasteiger partial charge in [0.25, 0.3) is 0 Å². The largest absolute Gasteiger partial charge is 0.344 e. The Morgan fingerprint density at radius 3 is 1.44 bits per heavy atom. The Balaban J connectivity index is 0.000000172. The van der Waals surface area contributed by atoms with Gasteiger partial charge in [-0.3, -0.25) is 9.97 Å². The van der Waals surface area contributed by atoms with Gasteiger partial charge >= 0.3 is 0 Å². The molecule has 0 radical (unpaired) electrons. The number of hydrogen-bond acceptors (Lipinski definition) is 4. The van der Waals surface area contributed by atoms with Crippen molar-refractivity contribution in [3.8, 4) is 0 Å². The maximum absolute atomic E-state index is 8.92. The molecule has 0 atom stereocenters. The summed E-state index contributed by atoms with van der Waals surface area (Å²) in [4.78, 5) is 12.8. The highest BCUT2D eigenvalue weighted by Gasteiger charge is 2.23. The second kappa shape index (κ2) is 13.7. The van der Waals surface area contributed by atoms with E-state index in [0.29, 0.717) is 12.8 Å². The van der Waals surface area contributed by atoms with Crippen LogP contribution in [0.5, 0.6) is 0 Å². The molecule has 4 aromatic heterocycles. The van der Waals surface area contributed by atoms with Crippen LogP contribution in [0, 0.1) is 27.7 Å². The number of pyridine rings is 2. The minimum absolute atomic E-state index is 0.249. The first-order valence-electron chi connectivity index (χ1n) is 20.8. The summed E-state index contributed by atoms with van der Waals surface area (Å²) >= 11 is 0. The highest BCUT2D eigenvalue weighted by molar-refractivity contribution is 5.87. The zero-order chi connectivity index (χ0) is 40.5. The molecule has 248 valence electrons. The first-order valence-corrected chi connectivity index (χ1v) is 16.8. The number of benzene rings is 2. The molecule has 0 fully saturated rings. The highest BCUT2D eigenvalue weighted by Crippen LogP contribution is 2.33. The van der Waals surface area contributed by atoms with Crippen molar-refractivity contribution < 1.29 is 11.0 Å². The lowest BCUT2D eigenvalue weighted by Gasteiger charge is -2.24. The van der Waals surface area contributed by atoms with Gasteiger partial charge in [-0.1, -0.05) is 35.4 Å². The molecular weight excluding hydrogens is 589 g/mol. The van der Waals surface area contributed by atoms with Crippen molar-refractivity contribution in [1.29, 1.82) is 0 Å². The molecule has 0 unspecified atom stereocenters. The van der Waals surface area contributed by atoms with Crippen LogP contribution < -0.4 is 0 Å². The van der Waals surface area contributed by atoms with E-state index in [1.165, 1.54) is 12.4 Å². The Morgan fingerprint density at radius 1 is 0.604 bits per heavy atom. The average Bonchev–Trinajstić information content (AvgIpc) is 3.64. The molecule has 8 rings (SSSR count). The molecular formula is C42H50N6. The van der Waals surface area contributed by atoms with Crippen LogP contribution in [0.25, 0.3) is 21.8 Å². The Morgan fingerprint density at radius 2 is 1.04 bits per heavy atom. The number of nitrogens with zero attached hydrogens (tertiary/aromatic N) is 6. The van der Waals surface area contributed by atoms with Gasteiger partial charge in [-0.15, -0.1) is 0 Å². The van der Waals surface area contributed by atoms with E-state index in [2.05, 4.69) is 46.0 Å². The van der Waals surface area contributed by atoms with E-state index in [0.717, 1.165) is 93.0 Å². The lowest BCUT2D eigenvalue weighted by molar-refractivity contribution is 0.309. The van der Waals surface area contributed by atoms with Crippen LogP contribution in [-0.2, 0) is 51.7 Å². The van der Waals surface area contributed by atoms with Crippen molar-refractivity contribution in [3.05, 3.63) is 129 Å². The summed E-state index contributed by atoms with van der Waals surface area (Å²) < 4.78 is 73.7. The number of fused-ring (bicyclic) bond motifs is 6. The van der Waals surface area contributed by atoms with Crippen LogP contribution in [0.4, 0.5) is 0 Å². The van der Waals surface area contributed by atoms with Crippen LogP contribution in [0.2, 0.25) is 0 Å². The van der Waals surface area contributed by atoms with Gasteiger partial charge in [0, 0.05) is 114 Å². The molecule has 0 amide bonds. The smallest absolute Gasteiger partial charge is 0.0501 e. The molecule has 2 aliphatic rings. The summed E-state index contributed by atoms with van der Waals surface area (Å²) in [5, 5.41) is 2.03. The van der Waals surface area contributed by atoms with E-state index in [-0.39, 0.29) is 11.1 Å². The van der Waals surface area contributed by atoms with E-state index in [1.807, 2.05) is 52.0 Å². The van der Waals surface area contributed by atoms with Crippen LogP contribution in [0.3, 0.4) is 0 Å². The van der Waals surface area contributed by atoms with E-state index >= 15 is 0 Å². The second-order valence-electron chi connectivity index (χ2n) is 13.4. The van der Waals surface area contributed by atoms with E-state index in [1.54, 1.807) is 33.4 Å². The van der Waals surface area contributed by atoms with Gasteiger partial charge in [0.05, 0.1) is 5.48 Å². The van der Waals surface area contributed by atoms with Crippen LogP contribution >= 0.6 is 0 Å². The number of rotatable bonds is 6. The van der Waals surface area contributed by atoms with E-state index in [9.17, 15) is 0 Å². The van der Waals surface area contributed by atoms with Gasteiger partial charge in [-0.2, -0.15) is 0 Å². The highest BCUT2D eigenvalue weighted by atomic mass is 15.1.